The number of nitrogens with zero attached hydrogens (tertiary/aromatic N) is 2. The number of rotatable bonds is 6. The topological polar surface area (TPSA) is 35.6 Å². The van der Waals surface area contributed by atoms with Crippen molar-refractivity contribution in [2.24, 2.45) is 11.8 Å². The zero-order valence-electron chi connectivity index (χ0n) is 13.7. The van der Waals surface area contributed by atoms with Crippen LogP contribution in [0.1, 0.15) is 34.6 Å². The van der Waals surface area contributed by atoms with Crippen LogP contribution in [0.15, 0.2) is 0 Å². The Labute approximate surface area is 130 Å². The van der Waals surface area contributed by atoms with Crippen molar-refractivity contribution in [3.05, 3.63) is 0 Å². The fourth-order valence-corrected chi connectivity index (χ4v) is 2.55. The highest BCUT2D eigenvalue weighted by molar-refractivity contribution is 5.85. The second-order valence-electron chi connectivity index (χ2n) is 6.61. The third kappa shape index (κ3) is 6.91. The summed E-state index contributed by atoms with van der Waals surface area (Å²) in [5.74, 6) is 1.35. The van der Waals surface area contributed by atoms with E-state index in [1.165, 1.54) is 0 Å². The van der Waals surface area contributed by atoms with Crippen LogP contribution in [-0.4, -0.2) is 61.0 Å². The normalized spacial score (nSPS) is 20.1. The van der Waals surface area contributed by atoms with E-state index in [2.05, 4.69) is 44.8 Å². The summed E-state index contributed by atoms with van der Waals surface area (Å²) in [4.78, 5) is 16.8. The molecule has 20 heavy (non-hydrogen) atoms. The first-order valence-electron chi connectivity index (χ1n) is 7.62. The van der Waals surface area contributed by atoms with E-state index in [9.17, 15) is 4.79 Å². The van der Waals surface area contributed by atoms with Crippen LogP contribution in [0.5, 0.6) is 0 Å². The lowest BCUT2D eigenvalue weighted by Crippen LogP contribution is -2.53. The monoisotopic (exact) mass is 305 g/mol. The van der Waals surface area contributed by atoms with Gasteiger partial charge in [-0.3, -0.25) is 9.69 Å². The molecule has 120 valence electrons. The van der Waals surface area contributed by atoms with Crippen molar-refractivity contribution in [3.8, 4) is 0 Å². The summed E-state index contributed by atoms with van der Waals surface area (Å²) in [6.07, 6.45) is 0. The predicted molar refractivity (Wildman–Crippen MR) is 87.4 cm³/mol. The van der Waals surface area contributed by atoms with Gasteiger partial charge in [0.15, 0.2) is 0 Å². The molecule has 0 aromatic rings. The predicted octanol–water partition coefficient (Wildman–Crippen LogP) is 1.84. The minimum absolute atomic E-state index is 0. The second-order valence-corrected chi connectivity index (χ2v) is 6.61. The molecule has 1 unspecified atom stereocenters. The van der Waals surface area contributed by atoms with E-state index < -0.39 is 0 Å². The molecule has 0 aromatic heterocycles. The summed E-state index contributed by atoms with van der Waals surface area (Å²) in [5.41, 5.74) is 0. The molecule has 1 aliphatic rings. The molecular formula is C15H32ClN3O. The van der Waals surface area contributed by atoms with Gasteiger partial charge >= 0.3 is 0 Å². The second kappa shape index (κ2) is 9.59. The van der Waals surface area contributed by atoms with E-state index in [4.69, 9.17) is 0 Å². The van der Waals surface area contributed by atoms with Crippen molar-refractivity contribution in [2.45, 2.75) is 40.7 Å². The zero-order valence-corrected chi connectivity index (χ0v) is 14.5. The molecule has 1 saturated heterocycles. The van der Waals surface area contributed by atoms with Crippen molar-refractivity contribution >= 4 is 18.3 Å². The maximum Gasteiger partial charge on any atom is 0.236 e. The molecule has 1 atom stereocenters. The third-order valence-electron chi connectivity index (χ3n) is 3.50. The summed E-state index contributed by atoms with van der Waals surface area (Å²) in [6, 6.07) is 0.456. The van der Waals surface area contributed by atoms with Gasteiger partial charge in [-0.25, -0.2) is 0 Å². The van der Waals surface area contributed by atoms with Crippen LogP contribution in [0, 0.1) is 11.8 Å². The van der Waals surface area contributed by atoms with E-state index >= 15 is 0 Å². The first-order valence-corrected chi connectivity index (χ1v) is 7.62. The van der Waals surface area contributed by atoms with Gasteiger partial charge in [-0.15, -0.1) is 12.4 Å². The van der Waals surface area contributed by atoms with Crippen molar-refractivity contribution in [2.75, 3.05) is 39.3 Å². The van der Waals surface area contributed by atoms with Gasteiger partial charge in [-0.05, 0) is 18.8 Å². The van der Waals surface area contributed by atoms with Gasteiger partial charge in [0, 0.05) is 38.8 Å². The number of halogens is 1. The molecule has 0 bridgehead atoms. The Kier molecular flexibility index (Phi) is 9.43. The molecule has 0 aromatic carbocycles. The standard InChI is InChI=1S/C15H31N3O.ClH/c1-12(2)9-18(10-13(3)4)15(19)11-17-7-6-16-8-14(17)5;/h12-14,16H,6-11H2,1-5H3;1H. The summed E-state index contributed by atoms with van der Waals surface area (Å²) in [6.45, 7) is 16.2. The average Bonchev–Trinajstić information content (AvgIpc) is 2.30. The van der Waals surface area contributed by atoms with Gasteiger partial charge in [0.25, 0.3) is 0 Å². The first kappa shape index (κ1) is 19.7. The molecule has 1 rings (SSSR count). The summed E-state index contributed by atoms with van der Waals surface area (Å²) < 4.78 is 0. The quantitative estimate of drug-likeness (QED) is 0.813. The number of nitrogens with one attached hydrogen (secondary N) is 1. The van der Waals surface area contributed by atoms with E-state index in [0.717, 1.165) is 32.7 Å². The van der Waals surface area contributed by atoms with Crippen molar-refractivity contribution in [1.82, 2.24) is 15.1 Å². The van der Waals surface area contributed by atoms with Crippen LogP contribution in [0.4, 0.5) is 0 Å². The number of amides is 1. The summed E-state index contributed by atoms with van der Waals surface area (Å²) in [7, 11) is 0. The van der Waals surface area contributed by atoms with Crippen LogP contribution < -0.4 is 5.32 Å². The van der Waals surface area contributed by atoms with Crippen LogP contribution in [0.2, 0.25) is 0 Å². The highest BCUT2D eigenvalue weighted by atomic mass is 35.5. The van der Waals surface area contributed by atoms with Crippen molar-refractivity contribution < 1.29 is 4.79 Å². The molecule has 1 N–H and O–H groups in total. The van der Waals surface area contributed by atoms with Crippen molar-refractivity contribution in [1.29, 1.82) is 0 Å². The Morgan fingerprint density at radius 2 is 1.80 bits per heavy atom. The molecule has 5 heteroatoms. The van der Waals surface area contributed by atoms with Gasteiger partial charge in [-0.2, -0.15) is 0 Å². The minimum atomic E-state index is 0. The molecule has 1 aliphatic heterocycles. The molecule has 4 nitrogen and oxygen atoms in total. The number of hydrogen-bond donors (Lipinski definition) is 1. The fourth-order valence-electron chi connectivity index (χ4n) is 2.55. The maximum absolute atomic E-state index is 12.5. The highest BCUT2D eigenvalue weighted by Crippen LogP contribution is 2.08. The molecule has 1 heterocycles. The number of carbonyl (C=O) groups excluding carboxylic acids is 1. The Morgan fingerprint density at radius 3 is 2.25 bits per heavy atom. The molecular weight excluding hydrogens is 274 g/mol. The van der Waals surface area contributed by atoms with Crippen molar-refractivity contribution in [3.63, 3.8) is 0 Å². The van der Waals surface area contributed by atoms with Gasteiger partial charge in [0.2, 0.25) is 5.91 Å². The summed E-state index contributed by atoms with van der Waals surface area (Å²) >= 11 is 0. The lowest BCUT2D eigenvalue weighted by atomic mass is 10.1. The smallest absolute Gasteiger partial charge is 0.236 e. The van der Waals surface area contributed by atoms with E-state index in [0.29, 0.717) is 24.4 Å². The molecule has 0 radical (unpaired) electrons. The molecule has 1 amide bonds. The Hall–Kier alpha value is -0.320. The van der Waals surface area contributed by atoms with E-state index in [1.54, 1.807) is 0 Å². The van der Waals surface area contributed by atoms with Gasteiger partial charge in [0.1, 0.15) is 0 Å². The maximum atomic E-state index is 12.5. The minimum Gasteiger partial charge on any atom is -0.341 e. The summed E-state index contributed by atoms with van der Waals surface area (Å²) in [5, 5.41) is 3.36. The van der Waals surface area contributed by atoms with E-state index in [-0.39, 0.29) is 18.3 Å². The zero-order chi connectivity index (χ0) is 14.4. The van der Waals surface area contributed by atoms with Crippen LogP contribution in [0.3, 0.4) is 0 Å². The lowest BCUT2D eigenvalue weighted by molar-refractivity contribution is -0.134. The van der Waals surface area contributed by atoms with E-state index in [1.807, 2.05) is 4.90 Å². The number of hydrogen-bond acceptors (Lipinski definition) is 3. The largest absolute Gasteiger partial charge is 0.341 e. The number of piperazine rings is 1. The van der Waals surface area contributed by atoms with Gasteiger partial charge < -0.3 is 10.2 Å². The van der Waals surface area contributed by atoms with Crippen LogP contribution >= 0.6 is 12.4 Å². The molecule has 1 fully saturated rings. The van der Waals surface area contributed by atoms with Gasteiger partial charge in [0.05, 0.1) is 6.54 Å². The molecule has 0 aliphatic carbocycles. The molecule has 0 spiro atoms. The van der Waals surface area contributed by atoms with Crippen LogP contribution in [-0.2, 0) is 4.79 Å². The highest BCUT2D eigenvalue weighted by Gasteiger charge is 2.23. The third-order valence-corrected chi connectivity index (χ3v) is 3.50. The van der Waals surface area contributed by atoms with Crippen LogP contribution in [0.25, 0.3) is 0 Å². The molecule has 0 saturated carbocycles. The Bertz CT molecular complexity index is 274. The Morgan fingerprint density at radius 1 is 1.25 bits per heavy atom. The Balaban J connectivity index is 0.00000361. The SMILES string of the molecule is CC(C)CN(CC(C)C)C(=O)CN1CCNCC1C.Cl. The lowest BCUT2D eigenvalue weighted by Gasteiger charge is -2.35. The number of carbonyl (C=O) groups is 1. The fraction of sp³-hybridized carbons (Fsp3) is 0.933. The first-order chi connectivity index (χ1) is 8.90. The average molecular weight is 306 g/mol. The van der Waals surface area contributed by atoms with Gasteiger partial charge in [-0.1, -0.05) is 27.7 Å².